The summed E-state index contributed by atoms with van der Waals surface area (Å²) in [5.74, 6) is -3.65. The Balaban J connectivity index is 1.88. The quantitative estimate of drug-likeness (QED) is 0.355. The third-order valence-electron chi connectivity index (χ3n) is 6.62. The zero-order valence-electron chi connectivity index (χ0n) is 22.4. The Bertz CT molecular complexity index is 1230. The van der Waals surface area contributed by atoms with Gasteiger partial charge >= 0.3 is 5.97 Å². The van der Waals surface area contributed by atoms with Gasteiger partial charge in [0.15, 0.2) is 0 Å². The van der Waals surface area contributed by atoms with E-state index in [0.717, 1.165) is 17.7 Å². The minimum absolute atomic E-state index is 0.0865. The lowest BCUT2D eigenvalue weighted by Crippen LogP contribution is -2.45. The second-order valence-corrected chi connectivity index (χ2v) is 10.1. The Morgan fingerprint density at radius 1 is 1.12 bits per heavy atom. The van der Waals surface area contributed by atoms with E-state index in [4.69, 9.17) is 14.6 Å². The molecule has 3 rings (SSSR count). The summed E-state index contributed by atoms with van der Waals surface area (Å²) in [7, 11) is 1.49. The lowest BCUT2D eigenvalue weighted by atomic mass is 9.84. The number of hydrogen-bond donors (Lipinski definition) is 2. The largest absolute Gasteiger partial charge is 0.497 e. The summed E-state index contributed by atoms with van der Waals surface area (Å²) in [6.07, 6.45) is -2.52. The summed E-state index contributed by atoms with van der Waals surface area (Å²) in [6, 6.07) is 5.71. The van der Waals surface area contributed by atoms with Crippen LogP contribution in [0.3, 0.4) is 0 Å². The molecular weight excluding hydrogens is 536 g/mol. The molecule has 218 valence electrons. The van der Waals surface area contributed by atoms with Gasteiger partial charge in [0.1, 0.15) is 30.0 Å². The molecule has 1 aliphatic rings. The number of amides is 2. The maximum absolute atomic E-state index is 15.1. The molecule has 0 spiro atoms. The molecule has 12 heteroatoms. The number of fused-ring (bicyclic) bond motifs is 1. The number of benzene rings is 2. The van der Waals surface area contributed by atoms with E-state index in [1.54, 1.807) is 18.2 Å². The van der Waals surface area contributed by atoms with Crippen LogP contribution in [0.2, 0.25) is 0 Å². The van der Waals surface area contributed by atoms with Crippen molar-refractivity contribution in [2.24, 2.45) is 0 Å². The molecule has 0 fully saturated rings. The van der Waals surface area contributed by atoms with E-state index in [0.29, 0.717) is 17.7 Å². The summed E-state index contributed by atoms with van der Waals surface area (Å²) in [6.45, 7) is 1.82. The molecular formula is C28H32F4N2O6. The predicted octanol–water partition coefficient (Wildman–Crippen LogP) is 4.85. The molecule has 2 aromatic carbocycles. The number of nitrogens with zero attached hydrogens (tertiary/aromatic N) is 1. The van der Waals surface area contributed by atoms with Gasteiger partial charge in [-0.05, 0) is 48.2 Å². The minimum Gasteiger partial charge on any atom is -0.497 e. The number of hydrogen-bond acceptors (Lipinski definition) is 5. The van der Waals surface area contributed by atoms with Gasteiger partial charge in [-0.2, -0.15) is 0 Å². The average Bonchev–Trinajstić information content (AvgIpc) is 2.86. The highest BCUT2D eigenvalue weighted by Gasteiger charge is 2.36. The molecule has 0 aliphatic carbocycles. The van der Waals surface area contributed by atoms with E-state index in [1.165, 1.54) is 25.9 Å². The normalized spacial score (nSPS) is 15.1. The summed E-state index contributed by atoms with van der Waals surface area (Å²) in [4.78, 5) is 38.8. The second kappa shape index (κ2) is 13.1. The van der Waals surface area contributed by atoms with Gasteiger partial charge in [-0.25, -0.2) is 17.6 Å². The number of methoxy groups -OCH3 is 1. The molecule has 2 aromatic rings. The molecule has 2 amide bonds. The van der Waals surface area contributed by atoms with Gasteiger partial charge in [0.2, 0.25) is 5.91 Å². The minimum atomic E-state index is -2.72. The van der Waals surface area contributed by atoms with Gasteiger partial charge in [-0.15, -0.1) is 0 Å². The Hall–Kier alpha value is -3.67. The van der Waals surface area contributed by atoms with Crippen molar-refractivity contribution in [1.29, 1.82) is 0 Å². The summed E-state index contributed by atoms with van der Waals surface area (Å²) in [5.41, 5.74) is -0.609. The fourth-order valence-electron chi connectivity index (χ4n) is 4.79. The van der Waals surface area contributed by atoms with Crippen molar-refractivity contribution in [3.63, 3.8) is 0 Å². The molecule has 1 aliphatic heterocycles. The van der Waals surface area contributed by atoms with Gasteiger partial charge in [0.25, 0.3) is 12.3 Å². The number of nitrogens with one attached hydrogen (secondary N) is 1. The lowest BCUT2D eigenvalue weighted by molar-refractivity contribution is -0.140. The van der Waals surface area contributed by atoms with Crippen molar-refractivity contribution >= 4 is 23.5 Å². The van der Waals surface area contributed by atoms with Crippen LogP contribution in [0.5, 0.6) is 5.75 Å². The van der Waals surface area contributed by atoms with E-state index in [1.807, 2.05) is 0 Å². The monoisotopic (exact) mass is 568 g/mol. The molecule has 0 bridgehead atoms. The molecule has 0 radical (unpaired) electrons. The van der Waals surface area contributed by atoms with Gasteiger partial charge in [-0.3, -0.25) is 14.4 Å². The van der Waals surface area contributed by atoms with E-state index < -0.39 is 53.9 Å². The molecule has 40 heavy (non-hydrogen) atoms. The van der Waals surface area contributed by atoms with Crippen LogP contribution < -0.4 is 10.1 Å². The van der Waals surface area contributed by atoms with Crippen molar-refractivity contribution in [2.75, 3.05) is 32.2 Å². The SMILES string of the molecule is COc1ccc2c(c1)CCN(C(=O)CCCC(=O)O)[C@H]2C(=O)Nc1cc(F)c(C(C)(C)COCC(F)F)c(F)c1. The summed E-state index contributed by atoms with van der Waals surface area (Å²) >= 11 is 0. The van der Waals surface area contributed by atoms with E-state index in [-0.39, 0.29) is 43.7 Å². The van der Waals surface area contributed by atoms with Crippen LogP contribution in [-0.4, -0.2) is 61.1 Å². The fraction of sp³-hybridized carbons (Fsp3) is 0.464. The molecule has 8 nitrogen and oxygen atoms in total. The van der Waals surface area contributed by atoms with E-state index >= 15 is 8.78 Å². The number of carboxylic acid groups (broad SMARTS) is 1. The topological polar surface area (TPSA) is 105 Å². The van der Waals surface area contributed by atoms with Crippen molar-refractivity contribution in [1.82, 2.24) is 4.90 Å². The molecule has 2 N–H and O–H groups in total. The first-order valence-corrected chi connectivity index (χ1v) is 12.7. The number of anilines is 1. The zero-order chi connectivity index (χ0) is 29.6. The second-order valence-electron chi connectivity index (χ2n) is 10.1. The molecule has 0 saturated carbocycles. The molecule has 0 saturated heterocycles. The summed E-state index contributed by atoms with van der Waals surface area (Å²) < 4.78 is 65.2. The number of carboxylic acids is 1. The number of carbonyl (C=O) groups excluding carboxylic acids is 2. The number of aliphatic carboxylic acids is 1. The first-order chi connectivity index (χ1) is 18.8. The van der Waals surface area contributed by atoms with E-state index in [2.05, 4.69) is 5.32 Å². The zero-order valence-corrected chi connectivity index (χ0v) is 22.4. The molecule has 1 atom stereocenters. The number of carbonyl (C=O) groups is 3. The maximum atomic E-state index is 15.1. The van der Waals surface area contributed by atoms with Crippen molar-refractivity contribution in [3.8, 4) is 5.75 Å². The Morgan fingerprint density at radius 2 is 1.80 bits per heavy atom. The van der Waals surface area contributed by atoms with Crippen LogP contribution in [0.1, 0.15) is 55.8 Å². The first kappa shape index (κ1) is 30.9. The van der Waals surface area contributed by atoms with Crippen LogP contribution in [0.25, 0.3) is 0 Å². The van der Waals surface area contributed by atoms with Gasteiger partial charge in [0, 0.05) is 36.1 Å². The van der Waals surface area contributed by atoms with Crippen molar-refractivity contribution in [3.05, 3.63) is 58.7 Å². The molecule has 0 unspecified atom stereocenters. The summed E-state index contributed by atoms with van der Waals surface area (Å²) in [5, 5.41) is 11.4. The average molecular weight is 569 g/mol. The number of ether oxygens (including phenoxy) is 2. The number of halogens is 4. The maximum Gasteiger partial charge on any atom is 0.303 e. The third-order valence-corrected chi connectivity index (χ3v) is 6.62. The third kappa shape index (κ3) is 7.50. The first-order valence-electron chi connectivity index (χ1n) is 12.7. The Labute approximate surface area is 229 Å². The number of alkyl halides is 2. The van der Waals surface area contributed by atoms with Gasteiger partial charge in [0.05, 0.1) is 13.7 Å². The van der Waals surface area contributed by atoms with Gasteiger partial charge < -0.3 is 24.8 Å². The van der Waals surface area contributed by atoms with Crippen LogP contribution in [0.4, 0.5) is 23.2 Å². The van der Waals surface area contributed by atoms with Crippen LogP contribution in [-0.2, 0) is 31.0 Å². The van der Waals surface area contributed by atoms with E-state index in [9.17, 15) is 23.2 Å². The number of rotatable bonds is 12. The van der Waals surface area contributed by atoms with Crippen LogP contribution >= 0.6 is 0 Å². The smallest absolute Gasteiger partial charge is 0.303 e. The lowest BCUT2D eigenvalue weighted by Gasteiger charge is -2.36. The van der Waals surface area contributed by atoms with Crippen LogP contribution in [0.15, 0.2) is 30.3 Å². The Morgan fingerprint density at radius 3 is 2.40 bits per heavy atom. The standard InChI is InChI=1S/C28H32F4N2O6/c1-28(2,15-40-14-22(31)32)25-20(29)12-17(13-21(25)30)33-27(38)26-19-8-7-18(39-3)11-16(19)9-10-34(26)23(35)5-4-6-24(36)37/h7-8,11-13,22,26H,4-6,9-10,14-15H2,1-3H3,(H,33,38)(H,36,37)/t26-/m1/s1. The van der Waals surface area contributed by atoms with Crippen molar-refractivity contribution < 1.29 is 46.5 Å². The highest BCUT2D eigenvalue weighted by Crippen LogP contribution is 2.35. The van der Waals surface area contributed by atoms with Crippen LogP contribution in [0, 0.1) is 11.6 Å². The molecule has 0 aromatic heterocycles. The predicted molar refractivity (Wildman–Crippen MR) is 137 cm³/mol. The van der Waals surface area contributed by atoms with Gasteiger partial charge in [-0.1, -0.05) is 19.9 Å². The fourth-order valence-corrected chi connectivity index (χ4v) is 4.79. The van der Waals surface area contributed by atoms with Crippen molar-refractivity contribution in [2.45, 2.75) is 57.4 Å². The highest BCUT2D eigenvalue weighted by atomic mass is 19.3. The molecule has 1 heterocycles. The highest BCUT2D eigenvalue weighted by molar-refractivity contribution is 5.98. The Kier molecular flexibility index (Phi) is 10.1.